The van der Waals surface area contributed by atoms with Gasteiger partial charge in [0.2, 0.25) is 5.91 Å². The SMILES string of the molecule is O=C(C=Cc1cccnc1)N1CCC2(CC1)NC(=O)N(Cc1ccc(Cl)cc1)C2=O. The van der Waals surface area contributed by atoms with Gasteiger partial charge in [0.25, 0.3) is 5.91 Å². The summed E-state index contributed by atoms with van der Waals surface area (Å²) in [5, 5.41) is 3.46. The maximum atomic E-state index is 13.0. The minimum atomic E-state index is -0.937. The Labute approximate surface area is 179 Å². The molecule has 0 saturated carbocycles. The summed E-state index contributed by atoms with van der Waals surface area (Å²) in [4.78, 5) is 44.9. The highest BCUT2D eigenvalue weighted by molar-refractivity contribution is 6.30. The number of amides is 4. The van der Waals surface area contributed by atoms with E-state index >= 15 is 0 Å². The van der Waals surface area contributed by atoms with Crippen molar-refractivity contribution in [3.8, 4) is 0 Å². The van der Waals surface area contributed by atoms with Crippen molar-refractivity contribution < 1.29 is 14.4 Å². The molecule has 8 heteroatoms. The summed E-state index contributed by atoms with van der Waals surface area (Å²) in [7, 11) is 0. The number of benzene rings is 1. The zero-order valence-electron chi connectivity index (χ0n) is 16.3. The van der Waals surface area contributed by atoms with Crippen molar-refractivity contribution in [1.82, 2.24) is 20.1 Å². The van der Waals surface area contributed by atoms with Gasteiger partial charge in [-0.1, -0.05) is 29.8 Å². The lowest BCUT2D eigenvalue weighted by Gasteiger charge is -2.36. The number of piperidine rings is 1. The average molecular weight is 425 g/mol. The zero-order valence-corrected chi connectivity index (χ0v) is 17.0. The number of halogens is 1. The molecule has 154 valence electrons. The van der Waals surface area contributed by atoms with Gasteiger partial charge in [0.15, 0.2) is 0 Å². The van der Waals surface area contributed by atoms with E-state index in [-0.39, 0.29) is 18.4 Å². The quantitative estimate of drug-likeness (QED) is 0.604. The predicted octanol–water partition coefficient (Wildman–Crippen LogP) is 2.86. The molecule has 2 saturated heterocycles. The fourth-order valence-electron chi connectivity index (χ4n) is 3.79. The highest BCUT2D eigenvalue weighted by Gasteiger charge is 2.52. The first kappa shape index (κ1) is 20.1. The number of nitrogens with zero attached hydrogens (tertiary/aromatic N) is 3. The Morgan fingerprint density at radius 3 is 2.57 bits per heavy atom. The van der Waals surface area contributed by atoms with Crippen LogP contribution in [-0.2, 0) is 16.1 Å². The highest BCUT2D eigenvalue weighted by atomic mass is 35.5. The Kier molecular flexibility index (Phi) is 5.55. The van der Waals surface area contributed by atoms with Crippen LogP contribution in [0.1, 0.15) is 24.0 Å². The summed E-state index contributed by atoms with van der Waals surface area (Å²) in [5.74, 6) is -0.357. The van der Waals surface area contributed by atoms with Gasteiger partial charge in [0, 0.05) is 36.6 Å². The molecular weight excluding hydrogens is 404 g/mol. The largest absolute Gasteiger partial charge is 0.339 e. The minimum Gasteiger partial charge on any atom is -0.339 e. The van der Waals surface area contributed by atoms with Gasteiger partial charge >= 0.3 is 6.03 Å². The Hall–Kier alpha value is -3.19. The van der Waals surface area contributed by atoms with Gasteiger partial charge < -0.3 is 10.2 Å². The molecule has 1 spiro atoms. The number of hydrogen-bond donors (Lipinski definition) is 1. The third kappa shape index (κ3) is 4.07. The van der Waals surface area contributed by atoms with Crippen LogP contribution in [-0.4, -0.2) is 51.3 Å². The smallest absolute Gasteiger partial charge is 0.325 e. The second-order valence-corrected chi connectivity index (χ2v) is 7.91. The number of hydrogen-bond acceptors (Lipinski definition) is 4. The van der Waals surface area contributed by atoms with E-state index in [0.29, 0.717) is 31.0 Å². The van der Waals surface area contributed by atoms with Crippen molar-refractivity contribution in [3.05, 3.63) is 71.0 Å². The van der Waals surface area contributed by atoms with Gasteiger partial charge in [-0.05, 0) is 48.2 Å². The van der Waals surface area contributed by atoms with Crippen molar-refractivity contribution in [3.63, 3.8) is 0 Å². The summed E-state index contributed by atoms with van der Waals surface area (Å²) in [6.07, 6.45) is 7.36. The molecule has 0 atom stereocenters. The lowest BCUT2D eigenvalue weighted by atomic mass is 9.87. The topological polar surface area (TPSA) is 82.6 Å². The number of pyridine rings is 1. The molecule has 0 unspecified atom stereocenters. The van der Waals surface area contributed by atoms with Crippen LogP contribution in [0.2, 0.25) is 5.02 Å². The van der Waals surface area contributed by atoms with Gasteiger partial charge in [0.05, 0.1) is 6.54 Å². The molecule has 1 N–H and O–H groups in total. The van der Waals surface area contributed by atoms with Crippen LogP contribution in [0, 0.1) is 0 Å². The predicted molar refractivity (Wildman–Crippen MR) is 112 cm³/mol. The Balaban J connectivity index is 1.38. The fourth-order valence-corrected chi connectivity index (χ4v) is 3.91. The number of imide groups is 1. The molecule has 1 aromatic heterocycles. The summed E-state index contributed by atoms with van der Waals surface area (Å²) < 4.78 is 0. The highest BCUT2D eigenvalue weighted by Crippen LogP contribution is 2.30. The molecule has 0 radical (unpaired) electrons. The maximum Gasteiger partial charge on any atom is 0.325 e. The molecule has 4 rings (SSSR count). The number of carbonyl (C=O) groups excluding carboxylic acids is 3. The lowest BCUT2D eigenvalue weighted by Crippen LogP contribution is -2.55. The third-order valence-electron chi connectivity index (χ3n) is 5.53. The van der Waals surface area contributed by atoms with Crippen LogP contribution < -0.4 is 5.32 Å². The van der Waals surface area contributed by atoms with E-state index in [9.17, 15) is 14.4 Å². The first-order valence-electron chi connectivity index (χ1n) is 9.72. The molecule has 0 bridgehead atoms. The van der Waals surface area contributed by atoms with E-state index in [1.54, 1.807) is 53.7 Å². The number of likely N-dealkylation sites (tertiary alicyclic amines) is 1. The van der Waals surface area contributed by atoms with Gasteiger partial charge in [-0.2, -0.15) is 0 Å². The monoisotopic (exact) mass is 424 g/mol. The van der Waals surface area contributed by atoms with E-state index in [1.165, 1.54) is 11.0 Å². The van der Waals surface area contributed by atoms with Gasteiger partial charge in [-0.3, -0.25) is 19.5 Å². The standard InChI is InChI=1S/C22H21ClN4O3/c23-18-6-3-17(4-7-18)15-27-20(29)22(25-21(27)30)9-12-26(13-10-22)19(28)8-5-16-2-1-11-24-14-16/h1-8,11,14H,9-10,12-13,15H2,(H,25,30). The van der Waals surface area contributed by atoms with Crippen LogP contribution in [0.25, 0.3) is 6.08 Å². The second kappa shape index (κ2) is 8.28. The maximum absolute atomic E-state index is 13.0. The van der Waals surface area contributed by atoms with Crippen LogP contribution in [0.5, 0.6) is 0 Å². The number of urea groups is 1. The molecule has 7 nitrogen and oxygen atoms in total. The van der Waals surface area contributed by atoms with Crippen molar-refractivity contribution in [1.29, 1.82) is 0 Å². The van der Waals surface area contributed by atoms with Crippen LogP contribution in [0.3, 0.4) is 0 Å². The Morgan fingerprint density at radius 2 is 1.90 bits per heavy atom. The summed E-state index contributed by atoms with van der Waals surface area (Å²) in [6, 6.07) is 10.3. The van der Waals surface area contributed by atoms with Gasteiger partial charge in [0.1, 0.15) is 5.54 Å². The van der Waals surface area contributed by atoms with E-state index < -0.39 is 11.6 Å². The second-order valence-electron chi connectivity index (χ2n) is 7.48. The normalized spacial score (nSPS) is 18.3. The van der Waals surface area contributed by atoms with Crippen LogP contribution in [0.15, 0.2) is 54.9 Å². The first-order chi connectivity index (χ1) is 14.5. The number of nitrogens with one attached hydrogen (secondary N) is 1. The molecule has 2 fully saturated rings. The Morgan fingerprint density at radius 1 is 1.17 bits per heavy atom. The van der Waals surface area contributed by atoms with Gasteiger partial charge in [-0.15, -0.1) is 0 Å². The summed E-state index contributed by atoms with van der Waals surface area (Å²) in [6.45, 7) is 0.994. The molecule has 0 aliphatic carbocycles. The molecule has 2 aromatic rings. The summed E-state index contributed by atoms with van der Waals surface area (Å²) >= 11 is 5.90. The molecule has 2 aliphatic heterocycles. The molecule has 4 amide bonds. The number of carbonyl (C=O) groups is 3. The molecule has 2 aliphatic rings. The fraction of sp³-hybridized carbons (Fsp3) is 0.273. The van der Waals surface area contributed by atoms with E-state index in [4.69, 9.17) is 11.6 Å². The first-order valence-corrected chi connectivity index (χ1v) is 10.1. The number of aromatic nitrogens is 1. The average Bonchev–Trinajstić information content (AvgIpc) is 2.99. The van der Waals surface area contributed by atoms with Crippen molar-refractivity contribution in [2.24, 2.45) is 0 Å². The minimum absolute atomic E-state index is 0.122. The number of rotatable bonds is 4. The molecule has 30 heavy (non-hydrogen) atoms. The van der Waals surface area contributed by atoms with Gasteiger partial charge in [-0.25, -0.2) is 4.79 Å². The third-order valence-corrected chi connectivity index (χ3v) is 5.78. The van der Waals surface area contributed by atoms with Crippen LogP contribution >= 0.6 is 11.6 Å². The van der Waals surface area contributed by atoms with Crippen molar-refractivity contribution >= 4 is 35.5 Å². The van der Waals surface area contributed by atoms with E-state index in [2.05, 4.69) is 10.3 Å². The molecule has 3 heterocycles. The van der Waals surface area contributed by atoms with Crippen molar-refractivity contribution in [2.75, 3.05) is 13.1 Å². The molecule has 1 aromatic carbocycles. The van der Waals surface area contributed by atoms with E-state index in [0.717, 1.165) is 11.1 Å². The lowest BCUT2D eigenvalue weighted by molar-refractivity contribution is -0.136. The van der Waals surface area contributed by atoms with Crippen LogP contribution in [0.4, 0.5) is 4.79 Å². The van der Waals surface area contributed by atoms with Crippen molar-refractivity contribution in [2.45, 2.75) is 24.9 Å². The molecular formula is C22H21ClN4O3. The summed E-state index contributed by atoms with van der Waals surface area (Å²) in [5.41, 5.74) is 0.733. The Bertz CT molecular complexity index is 983. The van der Waals surface area contributed by atoms with E-state index in [1.807, 2.05) is 6.07 Å². The zero-order chi connectivity index (χ0) is 21.1.